The molecule has 8 heteroatoms. The molecular weight excluding hydrogens is 350 g/mol. The van der Waals surface area contributed by atoms with Gasteiger partial charge in [-0.3, -0.25) is 14.9 Å². The van der Waals surface area contributed by atoms with E-state index in [0.717, 1.165) is 0 Å². The number of rotatable bonds is 4. The number of hydrogen-bond donors (Lipinski definition) is 0. The zero-order valence-corrected chi connectivity index (χ0v) is 14.1. The van der Waals surface area contributed by atoms with Crippen molar-refractivity contribution in [3.05, 3.63) is 63.7 Å². The first-order chi connectivity index (χ1) is 11.9. The summed E-state index contributed by atoms with van der Waals surface area (Å²) in [5.41, 5.74) is 0.343. The number of methoxy groups -OCH3 is 2. The number of benzene rings is 2. The van der Waals surface area contributed by atoms with Gasteiger partial charge >= 0.3 is 5.00 Å². The second kappa shape index (κ2) is 6.25. The van der Waals surface area contributed by atoms with Gasteiger partial charge in [0, 0.05) is 11.6 Å². The molecule has 0 aliphatic carbocycles. The molecule has 0 bridgehead atoms. The van der Waals surface area contributed by atoms with Crippen molar-refractivity contribution in [2.75, 3.05) is 14.2 Å². The molecule has 0 fully saturated rings. The number of alkyl halides is 1. The number of carbonyl (C=O) groups excluding carboxylic acids is 1. The number of ketones is 1. The summed E-state index contributed by atoms with van der Waals surface area (Å²) < 4.78 is 16.2. The highest BCUT2D eigenvalue weighted by molar-refractivity contribution is 6.37. The summed E-state index contributed by atoms with van der Waals surface area (Å²) in [6.45, 7) is 0. The van der Waals surface area contributed by atoms with Crippen LogP contribution >= 0.6 is 11.6 Å². The predicted octanol–water partition coefficient (Wildman–Crippen LogP) is 3.23. The van der Waals surface area contributed by atoms with Crippen LogP contribution in [0.5, 0.6) is 17.2 Å². The number of halogens is 1. The van der Waals surface area contributed by atoms with Gasteiger partial charge in [-0.1, -0.05) is 12.1 Å². The summed E-state index contributed by atoms with van der Waals surface area (Å²) in [5.74, 6) is 0.158. The molecule has 0 radical (unpaired) electrons. The molecule has 3 rings (SSSR count). The van der Waals surface area contributed by atoms with Gasteiger partial charge in [-0.05, 0) is 35.9 Å². The minimum atomic E-state index is -2.50. The zero-order valence-electron chi connectivity index (χ0n) is 13.4. The van der Waals surface area contributed by atoms with Gasteiger partial charge in [0.25, 0.3) is 5.78 Å². The van der Waals surface area contributed by atoms with E-state index in [2.05, 4.69) is 0 Å². The van der Waals surface area contributed by atoms with Gasteiger partial charge in [0.1, 0.15) is 17.2 Å². The molecule has 1 heterocycles. The molecule has 2 aromatic carbocycles. The van der Waals surface area contributed by atoms with Gasteiger partial charge in [-0.2, -0.15) is 0 Å². The van der Waals surface area contributed by atoms with E-state index >= 15 is 0 Å². The van der Waals surface area contributed by atoms with E-state index in [1.54, 1.807) is 30.3 Å². The van der Waals surface area contributed by atoms with Crippen LogP contribution in [-0.4, -0.2) is 29.9 Å². The van der Waals surface area contributed by atoms with Crippen molar-refractivity contribution in [1.82, 2.24) is 0 Å². The fraction of sp³-hybridized carbons (Fsp3) is 0.235. The molecule has 0 saturated carbocycles. The standard InChI is InChI=1S/C17H14ClNO6/c1-23-10-7-8-12(14(9-10)24-2)16-17(18,19(21)22)15(20)11-5-3-4-6-13(11)25-16/h3-9,16H,1-2H3. The average molecular weight is 364 g/mol. The van der Waals surface area contributed by atoms with Crippen molar-refractivity contribution < 1.29 is 23.9 Å². The van der Waals surface area contributed by atoms with Crippen LogP contribution in [0.3, 0.4) is 0 Å². The van der Waals surface area contributed by atoms with Crippen LogP contribution in [0.4, 0.5) is 0 Å². The van der Waals surface area contributed by atoms with E-state index < -0.39 is 21.8 Å². The first-order valence-electron chi connectivity index (χ1n) is 7.29. The Hall–Kier alpha value is -2.80. The summed E-state index contributed by atoms with van der Waals surface area (Å²) in [4.78, 5) is 21.1. The molecular formula is C17H14ClNO6. The quantitative estimate of drug-likeness (QED) is 0.358. The topological polar surface area (TPSA) is 87.9 Å². The van der Waals surface area contributed by atoms with E-state index in [1.165, 1.54) is 26.4 Å². The van der Waals surface area contributed by atoms with Gasteiger partial charge in [-0.25, -0.2) is 0 Å². The average Bonchev–Trinajstić information content (AvgIpc) is 2.64. The normalized spacial score (nSPS) is 21.9. The fourth-order valence-electron chi connectivity index (χ4n) is 2.75. The first kappa shape index (κ1) is 17.0. The van der Waals surface area contributed by atoms with Gasteiger partial charge in [0.05, 0.1) is 24.7 Å². The van der Waals surface area contributed by atoms with Crippen molar-refractivity contribution in [2.24, 2.45) is 0 Å². The molecule has 25 heavy (non-hydrogen) atoms. The van der Waals surface area contributed by atoms with Crippen LogP contribution < -0.4 is 14.2 Å². The van der Waals surface area contributed by atoms with Gasteiger partial charge in [0.2, 0.25) is 6.10 Å². The summed E-state index contributed by atoms with van der Waals surface area (Å²) in [6, 6.07) is 10.9. The van der Waals surface area contributed by atoms with Crippen molar-refractivity contribution in [3.63, 3.8) is 0 Å². The number of carbonyl (C=O) groups is 1. The Balaban J connectivity index is 2.20. The van der Waals surface area contributed by atoms with Crippen LogP contribution in [0.2, 0.25) is 0 Å². The molecule has 0 spiro atoms. The Morgan fingerprint density at radius 2 is 1.92 bits per heavy atom. The lowest BCUT2D eigenvalue weighted by atomic mass is 9.90. The number of hydrogen-bond acceptors (Lipinski definition) is 6. The number of para-hydroxylation sites is 1. The highest BCUT2D eigenvalue weighted by atomic mass is 35.5. The maximum atomic E-state index is 12.8. The Kier molecular flexibility index (Phi) is 4.26. The molecule has 0 N–H and O–H groups in total. The van der Waals surface area contributed by atoms with E-state index in [-0.39, 0.29) is 22.6 Å². The SMILES string of the molecule is COc1ccc(C2Oc3ccccc3C(=O)C2(Cl)[N+](=O)[O-])c(OC)c1. The molecule has 130 valence electrons. The molecule has 2 unspecified atom stereocenters. The minimum absolute atomic E-state index is 0.0675. The smallest absolute Gasteiger partial charge is 0.397 e. The highest BCUT2D eigenvalue weighted by Gasteiger charge is 2.62. The van der Waals surface area contributed by atoms with Crippen LogP contribution in [0.1, 0.15) is 22.0 Å². The number of nitro groups is 1. The Labute approximate surface area is 148 Å². The molecule has 1 aliphatic heterocycles. The van der Waals surface area contributed by atoms with Crippen molar-refractivity contribution >= 4 is 17.4 Å². The zero-order chi connectivity index (χ0) is 18.2. The second-order valence-electron chi connectivity index (χ2n) is 5.36. The fourth-order valence-corrected chi connectivity index (χ4v) is 3.02. The lowest BCUT2D eigenvalue weighted by molar-refractivity contribution is -0.536. The van der Waals surface area contributed by atoms with Crippen molar-refractivity contribution in [2.45, 2.75) is 11.1 Å². The monoisotopic (exact) mass is 363 g/mol. The van der Waals surface area contributed by atoms with Gasteiger partial charge < -0.3 is 14.2 Å². The van der Waals surface area contributed by atoms with Crippen molar-refractivity contribution in [1.29, 1.82) is 0 Å². The lowest BCUT2D eigenvalue weighted by Gasteiger charge is -2.33. The molecule has 7 nitrogen and oxygen atoms in total. The van der Waals surface area contributed by atoms with Crippen LogP contribution in [0, 0.1) is 10.1 Å². The van der Waals surface area contributed by atoms with Crippen LogP contribution in [0.25, 0.3) is 0 Å². The summed E-state index contributed by atoms with van der Waals surface area (Å²) in [5, 5.41) is 11.7. The minimum Gasteiger partial charge on any atom is -0.497 e. The Morgan fingerprint density at radius 3 is 2.56 bits per heavy atom. The van der Waals surface area contributed by atoms with E-state index in [4.69, 9.17) is 25.8 Å². The Morgan fingerprint density at radius 1 is 1.20 bits per heavy atom. The molecule has 2 atom stereocenters. The lowest BCUT2D eigenvalue weighted by Crippen LogP contribution is -2.51. The second-order valence-corrected chi connectivity index (χ2v) is 5.94. The molecule has 0 amide bonds. The third-order valence-electron chi connectivity index (χ3n) is 4.03. The highest BCUT2D eigenvalue weighted by Crippen LogP contribution is 2.47. The summed E-state index contributed by atoms with van der Waals surface area (Å²) in [6.07, 6.45) is -1.37. The number of fused-ring (bicyclic) bond motifs is 1. The van der Waals surface area contributed by atoms with Gasteiger partial charge in [0.15, 0.2) is 0 Å². The molecule has 0 saturated heterocycles. The number of Topliss-reactive ketones (excluding diaryl/α,β-unsaturated/α-hetero) is 1. The maximum absolute atomic E-state index is 12.8. The molecule has 0 aromatic heterocycles. The van der Waals surface area contributed by atoms with Crippen LogP contribution in [0.15, 0.2) is 42.5 Å². The Bertz CT molecular complexity index is 855. The first-order valence-corrected chi connectivity index (χ1v) is 7.67. The molecule has 2 aromatic rings. The number of ether oxygens (including phenoxy) is 3. The third-order valence-corrected chi connectivity index (χ3v) is 4.54. The van der Waals surface area contributed by atoms with E-state index in [1.807, 2.05) is 0 Å². The third kappa shape index (κ3) is 2.56. The van der Waals surface area contributed by atoms with Crippen LogP contribution in [-0.2, 0) is 0 Å². The number of nitrogens with zero attached hydrogens (tertiary/aromatic N) is 1. The summed E-state index contributed by atoms with van der Waals surface area (Å²) >= 11 is 6.23. The van der Waals surface area contributed by atoms with Crippen molar-refractivity contribution in [3.8, 4) is 17.2 Å². The van der Waals surface area contributed by atoms with E-state index in [0.29, 0.717) is 5.75 Å². The molecule has 1 aliphatic rings. The summed E-state index contributed by atoms with van der Waals surface area (Å²) in [7, 11) is 2.88. The maximum Gasteiger partial charge on any atom is 0.397 e. The predicted molar refractivity (Wildman–Crippen MR) is 89.3 cm³/mol. The van der Waals surface area contributed by atoms with Gasteiger partial charge in [-0.15, -0.1) is 0 Å². The van der Waals surface area contributed by atoms with E-state index in [9.17, 15) is 14.9 Å². The largest absolute Gasteiger partial charge is 0.497 e.